The normalized spacial score (nSPS) is 11.0. The molecule has 2 heterocycles. The van der Waals surface area contributed by atoms with Gasteiger partial charge in [0.05, 0.1) is 12.7 Å². The fraction of sp³-hybridized carbons (Fsp3) is 0.111. The third-order valence-electron chi connectivity index (χ3n) is 5.45. The van der Waals surface area contributed by atoms with Gasteiger partial charge < -0.3 is 4.74 Å². The molecule has 0 atom stereocenters. The van der Waals surface area contributed by atoms with Crippen LogP contribution in [0.15, 0.2) is 91.4 Å². The molecule has 0 bridgehead atoms. The molecular formula is C27H21ClN4O2. The molecule has 0 amide bonds. The van der Waals surface area contributed by atoms with Crippen molar-refractivity contribution in [2.45, 2.75) is 13.0 Å². The number of aromatic nitrogens is 4. The van der Waals surface area contributed by atoms with Crippen LogP contribution in [0.25, 0.3) is 22.0 Å². The zero-order valence-corrected chi connectivity index (χ0v) is 19.0. The maximum Gasteiger partial charge on any atom is 0.174 e. The highest BCUT2D eigenvalue weighted by molar-refractivity contribution is 6.30. The molecule has 0 aliphatic carbocycles. The Kier molecular flexibility index (Phi) is 6.31. The highest BCUT2D eigenvalue weighted by Gasteiger charge is 2.08. The van der Waals surface area contributed by atoms with Gasteiger partial charge in [-0.1, -0.05) is 47.1 Å². The molecule has 5 rings (SSSR count). The van der Waals surface area contributed by atoms with Crippen LogP contribution in [-0.4, -0.2) is 32.4 Å². The number of hydrogen-bond donors (Lipinski definition) is 0. The maximum atomic E-state index is 12.4. The average Bonchev–Trinajstić information content (AvgIpc) is 3.33. The summed E-state index contributed by atoms with van der Waals surface area (Å²) in [5.74, 6) is 0.651. The summed E-state index contributed by atoms with van der Waals surface area (Å²) >= 11 is 5.94. The number of rotatable bonds is 8. The van der Waals surface area contributed by atoms with Crippen molar-refractivity contribution in [3.63, 3.8) is 0 Å². The van der Waals surface area contributed by atoms with E-state index in [0.717, 1.165) is 33.2 Å². The molecule has 5 aromatic rings. The van der Waals surface area contributed by atoms with E-state index in [-0.39, 0.29) is 12.4 Å². The second kappa shape index (κ2) is 9.85. The van der Waals surface area contributed by atoms with Crippen LogP contribution >= 0.6 is 11.6 Å². The SMILES string of the molecule is O=C(COc1ccc(-c2cn(Cc3ccc(Cl)cc3)nn2)cc1)Cc1ccc2cnccc2c1. The van der Waals surface area contributed by atoms with E-state index < -0.39 is 0 Å². The van der Waals surface area contributed by atoms with Gasteiger partial charge in [0.15, 0.2) is 5.78 Å². The number of benzene rings is 3. The molecule has 0 N–H and O–H groups in total. The molecule has 168 valence electrons. The van der Waals surface area contributed by atoms with Crippen molar-refractivity contribution in [3.8, 4) is 17.0 Å². The van der Waals surface area contributed by atoms with Crippen LogP contribution in [0.5, 0.6) is 5.75 Å². The Labute approximate surface area is 201 Å². The van der Waals surface area contributed by atoms with E-state index in [2.05, 4.69) is 15.3 Å². The number of ketones is 1. The number of nitrogens with zero attached hydrogens (tertiary/aromatic N) is 4. The third kappa shape index (κ3) is 5.30. The van der Waals surface area contributed by atoms with Crippen molar-refractivity contribution in [1.82, 2.24) is 20.0 Å². The van der Waals surface area contributed by atoms with Crippen LogP contribution in [0.3, 0.4) is 0 Å². The Morgan fingerprint density at radius 3 is 2.53 bits per heavy atom. The topological polar surface area (TPSA) is 69.9 Å². The highest BCUT2D eigenvalue weighted by atomic mass is 35.5. The number of fused-ring (bicyclic) bond motifs is 1. The van der Waals surface area contributed by atoms with Crippen LogP contribution in [0.2, 0.25) is 5.02 Å². The molecule has 0 fully saturated rings. The smallest absolute Gasteiger partial charge is 0.174 e. The first kappa shape index (κ1) is 21.8. The first-order valence-electron chi connectivity index (χ1n) is 10.8. The van der Waals surface area contributed by atoms with Crippen LogP contribution < -0.4 is 4.74 Å². The van der Waals surface area contributed by atoms with E-state index in [1.54, 1.807) is 10.9 Å². The zero-order valence-electron chi connectivity index (χ0n) is 18.3. The van der Waals surface area contributed by atoms with Gasteiger partial charge in [0, 0.05) is 34.8 Å². The van der Waals surface area contributed by atoms with Gasteiger partial charge in [-0.3, -0.25) is 9.78 Å². The van der Waals surface area contributed by atoms with E-state index in [1.807, 2.05) is 85.2 Å². The number of Topliss-reactive ketones (excluding diaryl/α,β-unsaturated/α-hetero) is 1. The summed E-state index contributed by atoms with van der Waals surface area (Å²) in [6, 6.07) is 23.0. The standard InChI is InChI=1S/C27H21ClN4O2/c28-24-7-2-19(3-8-24)16-32-17-27(30-31-32)21-5-9-26(10-6-21)34-18-25(33)14-20-1-4-23-15-29-12-11-22(23)13-20/h1-13,15,17H,14,16,18H2. The van der Waals surface area contributed by atoms with Crippen LogP contribution in [0.1, 0.15) is 11.1 Å². The Morgan fingerprint density at radius 2 is 1.71 bits per heavy atom. The lowest BCUT2D eigenvalue weighted by Crippen LogP contribution is -2.13. The second-order valence-electron chi connectivity index (χ2n) is 8.01. The largest absolute Gasteiger partial charge is 0.486 e. The summed E-state index contributed by atoms with van der Waals surface area (Å²) < 4.78 is 7.48. The van der Waals surface area contributed by atoms with Gasteiger partial charge in [0.2, 0.25) is 0 Å². The summed E-state index contributed by atoms with van der Waals surface area (Å²) in [6.45, 7) is 0.632. The first-order valence-corrected chi connectivity index (χ1v) is 11.2. The van der Waals surface area contributed by atoms with Crippen LogP contribution in [0.4, 0.5) is 0 Å². The van der Waals surface area contributed by atoms with Crippen LogP contribution in [0, 0.1) is 0 Å². The van der Waals surface area contributed by atoms with Crippen molar-refractivity contribution in [1.29, 1.82) is 0 Å². The van der Waals surface area contributed by atoms with Gasteiger partial charge in [-0.05, 0) is 59.0 Å². The molecule has 6 nitrogen and oxygen atoms in total. The number of carbonyl (C=O) groups excluding carboxylic acids is 1. The summed E-state index contributed by atoms with van der Waals surface area (Å²) in [5.41, 5.74) is 3.74. The maximum absolute atomic E-state index is 12.4. The zero-order chi connectivity index (χ0) is 23.3. The number of ether oxygens (including phenoxy) is 1. The fourth-order valence-electron chi connectivity index (χ4n) is 3.69. The highest BCUT2D eigenvalue weighted by Crippen LogP contribution is 2.21. The Bertz CT molecular complexity index is 1430. The number of carbonyl (C=O) groups is 1. The summed E-state index contributed by atoms with van der Waals surface area (Å²) in [7, 11) is 0. The number of hydrogen-bond acceptors (Lipinski definition) is 5. The lowest BCUT2D eigenvalue weighted by Gasteiger charge is -2.07. The predicted octanol–water partition coefficient (Wildman–Crippen LogP) is 5.39. The quantitative estimate of drug-likeness (QED) is 0.305. The monoisotopic (exact) mass is 468 g/mol. The van der Waals surface area contributed by atoms with Gasteiger partial charge in [-0.15, -0.1) is 5.10 Å². The molecule has 0 unspecified atom stereocenters. The molecule has 34 heavy (non-hydrogen) atoms. The van der Waals surface area contributed by atoms with E-state index in [1.165, 1.54) is 0 Å². The Hall–Kier alpha value is -4.03. The van der Waals surface area contributed by atoms with Crippen molar-refractivity contribution in [2.24, 2.45) is 0 Å². The summed E-state index contributed by atoms with van der Waals surface area (Å²) in [4.78, 5) is 16.5. The van der Waals surface area contributed by atoms with Gasteiger partial charge in [0.25, 0.3) is 0 Å². The van der Waals surface area contributed by atoms with Gasteiger partial charge in [-0.2, -0.15) is 0 Å². The minimum absolute atomic E-state index is 0.0163. The first-order chi connectivity index (χ1) is 16.6. The summed E-state index contributed by atoms with van der Waals surface area (Å²) in [5, 5.41) is 11.3. The summed E-state index contributed by atoms with van der Waals surface area (Å²) in [6.07, 6.45) is 5.79. The van der Waals surface area contributed by atoms with Gasteiger partial charge in [-0.25, -0.2) is 4.68 Å². The van der Waals surface area contributed by atoms with Crippen molar-refractivity contribution >= 4 is 28.2 Å². The second-order valence-corrected chi connectivity index (χ2v) is 8.45. The molecule has 0 radical (unpaired) electrons. The Morgan fingerprint density at radius 1 is 0.912 bits per heavy atom. The van der Waals surface area contributed by atoms with Gasteiger partial charge in [0.1, 0.15) is 18.1 Å². The molecule has 3 aromatic carbocycles. The minimum atomic E-state index is 0.0163. The molecule has 7 heteroatoms. The lowest BCUT2D eigenvalue weighted by molar-refractivity contribution is -0.120. The third-order valence-corrected chi connectivity index (χ3v) is 5.70. The molecule has 0 saturated carbocycles. The minimum Gasteiger partial charge on any atom is -0.486 e. The number of pyridine rings is 1. The molecule has 0 spiro atoms. The van der Waals surface area contributed by atoms with E-state index >= 15 is 0 Å². The average molecular weight is 469 g/mol. The van der Waals surface area contributed by atoms with Crippen molar-refractivity contribution in [3.05, 3.63) is 108 Å². The van der Waals surface area contributed by atoms with Crippen molar-refractivity contribution < 1.29 is 9.53 Å². The van der Waals surface area contributed by atoms with Crippen molar-refractivity contribution in [2.75, 3.05) is 6.61 Å². The molecule has 2 aromatic heterocycles. The number of halogens is 1. The molecule has 0 aliphatic heterocycles. The molecular weight excluding hydrogens is 448 g/mol. The van der Waals surface area contributed by atoms with E-state index in [4.69, 9.17) is 16.3 Å². The van der Waals surface area contributed by atoms with Gasteiger partial charge >= 0.3 is 0 Å². The molecule has 0 aliphatic rings. The van der Waals surface area contributed by atoms with E-state index in [9.17, 15) is 4.79 Å². The van der Waals surface area contributed by atoms with Crippen LogP contribution in [-0.2, 0) is 17.8 Å². The Balaban J connectivity index is 1.16. The molecule has 0 saturated heterocycles. The fourth-order valence-corrected chi connectivity index (χ4v) is 3.82. The lowest BCUT2D eigenvalue weighted by atomic mass is 10.1. The predicted molar refractivity (Wildman–Crippen MR) is 132 cm³/mol. The van der Waals surface area contributed by atoms with E-state index in [0.29, 0.717) is 23.7 Å².